The van der Waals surface area contributed by atoms with Crippen LogP contribution in [0.5, 0.6) is 0 Å². The summed E-state index contributed by atoms with van der Waals surface area (Å²) in [6.07, 6.45) is 3.13. The van der Waals surface area contributed by atoms with Crippen LogP contribution in [0.1, 0.15) is 36.5 Å². The van der Waals surface area contributed by atoms with E-state index in [1.54, 1.807) is 0 Å². The van der Waals surface area contributed by atoms with Crippen molar-refractivity contribution in [2.45, 2.75) is 26.2 Å². The van der Waals surface area contributed by atoms with Crippen LogP contribution in [0, 0.1) is 22.7 Å². The Bertz CT molecular complexity index is 940. The van der Waals surface area contributed by atoms with E-state index in [-0.39, 0.29) is 0 Å². The second kappa shape index (κ2) is 5.88. The molecule has 0 spiro atoms. The third-order valence-electron chi connectivity index (χ3n) is 4.16. The number of aryl methyl sites for hydroxylation is 1. The number of nitriles is 2. The molecule has 0 saturated carbocycles. The minimum atomic E-state index is 0.669. The molecule has 22 heavy (non-hydrogen) atoms. The first-order valence-corrected chi connectivity index (χ1v) is 7.58. The van der Waals surface area contributed by atoms with Crippen molar-refractivity contribution in [3.63, 3.8) is 0 Å². The van der Waals surface area contributed by atoms with Crippen molar-refractivity contribution >= 4 is 21.5 Å². The number of rotatable bonds is 3. The summed E-state index contributed by atoms with van der Waals surface area (Å²) >= 11 is 0. The van der Waals surface area contributed by atoms with Crippen molar-refractivity contribution in [2.75, 3.05) is 0 Å². The summed E-state index contributed by atoms with van der Waals surface area (Å²) in [6, 6.07) is 18.4. The van der Waals surface area contributed by atoms with E-state index in [9.17, 15) is 10.5 Å². The highest BCUT2D eigenvalue weighted by atomic mass is 14.3. The molecule has 2 heteroatoms. The topological polar surface area (TPSA) is 47.6 Å². The fourth-order valence-corrected chi connectivity index (χ4v) is 3.11. The van der Waals surface area contributed by atoms with Crippen molar-refractivity contribution in [1.82, 2.24) is 0 Å². The van der Waals surface area contributed by atoms with Crippen molar-refractivity contribution in [3.05, 3.63) is 59.2 Å². The second-order valence-electron chi connectivity index (χ2n) is 5.46. The fraction of sp³-hybridized carbons (Fsp3) is 0.200. The van der Waals surface area contributed by atoms with Gasteiger partial charge in [0, 0.05) is 21.5 Å². The van der Waals surface area contributed by atoms with E-state index >= 15 is 0 Å². The van der Waals surface area contributed by atoms with Crippen LogP contribution in [0.15, 0.2) is 42.5 Å². The standard InChI is InChI=1S/C20H16N2/c1-2-3-7-14-8-6-11-17-18(12-21)15-9-4-5-10-16(15)19(13-22)20(14)17/h4-6,8-11H,2-3,7H2,1H3. The molecular weight excluding hydrogens is 268 g/mol. The van der Waals surface area contributed by atoms with Gasteiger partial charge in [0.2, 0.25) is 0 Å². The molecule has 3 aromatic carbocycles. The van der Waals surface area contributed by atoms with Crippen LogP contribution in [-0.4, -0.2) is 0 Å². The number of hydrogen-bond donors (Lipinski definition) is 0. The average Bonchev–Trinajstić information content (AvgIpc) is 2.57. The van der Waals surface area contributed by atoms with Gasteiger partial charge in [0.05, 0.1) is 11.1 Å². The molecule has 0 amide bonds. The van der Waals surface area contributed by atoms with Crippen LogP contribution in [0.3, 0.4) is 0 Å². The van der Waals surface area contributed by atoms with Gasteiger partial charge in [-0.1, -0.05) is 55.8 Å². The zero-order valence-electron chi connectivity index (χ0n) is 12.6. The van der Waals surface area contributed by atoms with Gasteiger partial charge in [-0.05, 0) is 18.4 Å². The third-order valence-corrected chi connectivity index (χ3v) is 4.16. The number of hydrogen-bond acceptors (Lipinski definition) is 2. The molecule has 0 atom stereocenters. The quantitative estimate of drug-likeness (QED) is 0.630. The molecule has 106 valence electrons. The molecule has 0 N–H and O–H groups in total. The molecule has 3 aromatic rings. The smallest absolute Gasteiger partial charge is 0.100 e. The van der Waals surface area contributed by atoms with E-state index in [0.717, 1.165) is 46.4 Å². The Balaban J connectivity index is 2.52. The van der Waals surface area contributed by atoms with Gasteiger partial charge >= 0.3 is 0 Å². The minimum Gasteiger partial charge on any atom is -0.192 e. The molecule has 0 aromatic heterocycles. The van der Waals surface area contributed by atoms with Crippen LogP contribution in [0.25, 0.3) is 21.5 Å². The second-order valence-corrected chi connectivity index (χ2v) is 5.46. The molecule has 0 fully saturated rings. The monoisotopic (exact) mass is 284 g/mol. The lowest BCUT2D eigenvalue weighted by Gasteiger charge is -2.12. The predicted octanol–water partition coefficient (Wildman–Crippen LogP) is 5.08. The summed E-state index contributed by atoms with van der Waals surface area (Å²) < 4.78 is 0. The van der Waals surface area contributed by atoms with Crippen molar-refractivity contribution in [3.8, 4) is 12.1 Å². The van der Waals surface area contributed by atoms with Gasteiger partial charge in [0.15, 0.2) is 0 Å². The lowest BCUT2D eigenvalue weighted by Crippen LogP contribution is -1.95. The van der Waals surface area contributed by atoms with Crippen LogP contribution < -0.4 is 0 Å². The van der Waals surface area contributed by atoms with Gasteiger partial charge in [-0.2, -0.15) is 10.5 Å². The zero-order valence-corrected chi connectivity index (χ0v) is 12.6. The molecule has 0 aliphatic heterocycles. The van der Waals surface area contributed by atoms with Gasteiger partial charge in [0.25, 0.3) is 0 Å². The van der Waals surface area contributed by atoms with Gasteiger partial charge in [-0.25, -0.2) is 0 Å². The normalized spacial score (nSPS) is 10.5. The first-order valence-electron chi connectivity index (χ1n) is 7.58. The highest BCUT2D eigenvalue weighted by Gasteiger charge is 2.15. The van der Waals surface area contributed by atoms with Gasteiger partial charge in [-0.3, -0.25) is 0 Å². The Hall–Kier alpha value is -2.84. The van der Waals surface area contributed by atoms with Gasteiger partial charge < -0.3 is 0 Å². The number of nitrogens with zero attached hydrogens (tertiary/aromatic N) is 2. The molecule has 0 heterocycles. The molecule has 0 unspecified atom stereocenters. The summed E-state index contributed by atoms with van der Waals surface area (Å²) in [5.74, 6) is 0. The molecule has 0 radical (unpaired) electrons. The van der Waals surface area contributed by atoms with Gasteiger partial charge in [0.1, 0.15) is 12.1 Å². The number of benzene rings is 3. The molecule has 0 bridgehead atoms. The SMILES string of the molecule is CCCCc1cccc2c(C#N)c3ccccc3c(C#N)c12. The fourth-order valence-electron chi connectivity index (χ4n) is 3.11. The number of unbranched alkanes of at least 4 members (excludes halogenated alkanes) is 1. The lowest BCUT2D eigenvalue weighted by atomic mass is 9.89. The molecule has 3 rings (SSSR count). The summed E-state index contributed by atoms with van der Waals surface area (Å²) in [5.41, 5.74) is 2.53. The van der Waals surface area contributed by atoms with E-state index in [0.29, 0.717) is 11.1 Å². The highest BCUT2D eigenvalue weighted by Crippen LogP contribution is 2.34. The maximum atomic E-state index is 9.71. The van der Waals surface area contributed by atoms with Crippen molar-refractivity contribution in [2.24, 2.45) is 0 Å². The first-order chi connectivity index (χ1) is 10.8. The summed E-state index contributed by atoms with van der Waals surface area (Å²) in [7, 11) is 0. The molecular formula is C20H16N2. The van der Waals surface area contributed by atoms with Crippen LogP contribution in [-0.2, 0) is 6.42 Å². The van der Waals surface area contributed by atoms with Gasteiger partial charge in [-0.15, -0.1) is 0 Å². The molecule has 0 saturated heterocycles. The van der Waals surface area contributed by atoms with Crippen LogP contribution in [0.4, 0.5) is 0 Å². The summed E-state index contributed by atoms with van der Waals surface area (Å²) in [5, 5.41) is 22.9. The highest BCUT2D eigenvalue weighted by molar-refractivity contribution is 6.10. The van der Waals surface area contributed by atoms with Crippen LogP contribution in [0.2, 0.25) is 0 Å². The molecule has 2 nitrogen and oxygen atoms in total. The third kappa shape index (κ3) is 2.10. The van der Waals surface area contributed by atoms with E-state index in [1.807, 2.05) is 36.4 Å². The molecule has 0 aliphatic carbocycles. The predicted molar refractivity (Wildman–Crippen MR) is 89.5 cm³/mol. The summed E-state index contributed by atoms with van der Waals surface area (Å²) in [4.78, 5) is 0. The van der Waals surface area contributed by atoms with Crippen molar-refractivity contribution < 1.29 is 0 Å². The first kappa shape index (κ1) is 14.1. The Morgan fingerprint density at radius 2 is 1.45 bits per heavy atom. The van der Waals surface area contributed by atoms with Crippen molar-refractivity contribution in [1.29, 1.82) is 10.5 Å². The number of fused-ring (bicyclic) bond motifs is 2. The minimum absolute atomic E-state index is 0.669. The Kier molecular flexibility index (Phi) is 3.77. The van der Waals surface area contributed by atoms with E-state index in [2.05, 4.69) is 25.1 Å². The maximum Gasteiger partial charge on any atom is 0.100 e. The molecule has 0 aliphatic rings. The Labute approximate surface area is 130 Å². The lowest BCUT2D eigenvalue weighted by molar-refractivity contribution is 0.799. The average molecular weight is 284 g/mol. The zero-order chi connectivity index (χ0) is 15.5. The van der Waals surface area contributed by atoms with E-state index in [1.165, 1.54) is 0 Å². The summed E-state index contributed by atoms with van der Waals surface area (Å²) in [6.45, 7) is 2.16. The largest absolute Gasteiger partial charge is 0.192 e. The Morgan fingerprint density at radius 3 is 2.09 bits per heavy atom. The van der Waals surface area contributed by atoms with E-state index in [4.69, 9.17) is 0 Å². The Morgan fingerprint density at radius 1 is 0.818 bits per heavy atom. The van der Waals surface area contributed by atoms with E-state index < -0.39 is 0 Å². The maximum absolute atomic E-state index is 9.71. The van der Waals surface area contributed by atoms with Crippen LogP contribution >= 0.6 is 0 Å².